The molecule has 4 heteroatoms. The quantitative estimate of drug-likeness (QED) is 0.852. The molecule has 1 saturated heterocycles. The Labute approximate surface area is 131 Å². The zero-order chi connectivity index (χ0) is 15.5. The molecule has 0 N–H and O–H groups in total. The number of pyridine rings is 1. The van der Waals surface area contributed by atoms with Crippen LogP contribution in [0.2, 0.25) is 0 Å². The minimum absolute atomic E-state index is 0.250. The highest BCUT2D eigenvalue weighted by atomic mass is 16.5. The molecule has 3 rings (SSSR count). The van der Waals surface area contributed by atoms with E-state index in [1.54, 1.807) is 7.11 Å². The van der Waals surface area contributed by atoms with Crippen LogP contribution < -0.4 is 0 Å². The predicted molar refractivity (Wildman–Crippen MR) is 86.7 cm³/mol. The van der Waals surface area contributed by atoms with Gasteiger partial charge in [0.1, 0.15) is 0 Å². The molecule has 1 atom stereocenters. The average Bonchev–Trinajstić information content (AvgIpc) is 2.85. The van der Waals surface area contributed by atoms with Crippen LogP contribution in [0.15, 0.2) is 30.3 Å². The Morgan fingerprint density at radius 1 is 1.32 bits per heavy atom. The molecular weight excluding hydrogens is 276 g/mol. The summed E-state index contributed by atoms with van der Waals surface area (Å²) in [6.07, 6.45) is 1.59. The van der Waals surface area contributed by atoms with Gasteiger partial charge in [0.05, 0.1) is 12.1 Å². The lowest BCUT2D eigenvalue weighted by molar-refractivity contribution is -0.128. The first-order chi connectivity index (χ1) is 10.7. The number of carbonyl (C=O) groups is 1. The highest BCUT2D eigenvalue weighted by molar-refractivity contribution is 5.80. The molecule has 22 heavy (non-hydrogen) atoms. The van der Waals surface area contributed by atoms with Crippen molar-refractivity contribution in [2.24, 2.45) is 5.92 Å². The molecule has 2 heterocycles. The SMILES string of the molecule is COCCN1C[C@H](Cc2ccc3nc(C)ccc3c2)CC1=O. The van der Waals surface area contributed by atoms with Gasteiger partial charge in [0.25, 0.3) is 0 Å². The fraction of sp³-hybridized carbons (Fsp3) is 0.444. The molecule has 2 aromatic rings. The van der Waals surface area contributed by atoms with Gasteiger partial charge in [0.15, 0.2) is 0 Å². The summed E-state index contributed by atoms with van der Waals surface area (Å²) in [6.45, 7) is 4.16. The number of carbonyl (C=O) groups excluding carboxylic acids is 1. The number of aryl methyl sites for hydroxylation is 1. The minimum atomic E-state index is 0.250. The highest BCUT2D eigenvalue weighted by Gasteiger charge is 2.29. The van der Waals surface area contributed by atoms with E-state index in [9.17, 15) is 4.79 Å². The Morgan fingerprint density at radius 3 is 3.00 bits per heavy atom. The topological polar surface area (TPSA) is 42.4 Å². The van der Waals surface area contributed by atoms with Crippen molar-refractivity contribution >= 4 is 16.8 Å². The minimum Gasteiger partial charge on any atom is -0.383 e. The Hall–Kier alpha value is -1.94. The molecule has 116 valence electrons. The molecule has 0 aliphatic carbocycles. The van der Waals surface area contributed by atoms with Gasteiger partial charge < -0.3 is 9.64 Å². The Kier molecular flexibility index (Phi) is 4.39. The lowest BCUT2D eigenvalue weighted by Crippen LogP contribution is -2.28. The van der Waals surface area contributed by atoms with E-state index < -0.39 is 0 Å². The van der Waals surface area contributed by atoms with E-state index in [0.29, 0.717) is 25.5 Å². The smallest absolute Gasteiger partial charge is 0.223 e. The van der Waals surface area contributed by atoms with Gasteiger partial charge in [0.2, 0.25) is 5.91 Å². The lowest BCUT2D eigenvalue weighted by atomic mass is 9.97. The van der Waals surface area contributed by atoms with Crippen LogP contribution in [0, 0.1) is 12.8 Å². The normalized spacial score (nSPS) is 18.4. The van der Waals surface area contributed by atoms with Gasteiger partial charge in [-0.1, -0.05) is 12.1 Å². The summed E-state index contributed by atoms with van der Waals surface area (Å²) < 4.78 is 5.06. The van der Waals surface area contributed by atoms with E-state index in [2.05, 4.69) is 29.2 Å². The maximum absolute atomic E-state index is 12.0. The number of amides is 1. The largest absolute Gasteiger partial charge is 0.383 e. The van der Waals surface area contributed by atoms with Crippen molar-refractivity contribution in [3.63, 3.8) is 0 Å². The number of fused-ring (bicyclic) bond motifs is 1. The Balaban J connectivity index is 1.68. The molecule has 0 radical (unpaired) electrons. The van der Waals surface area contributed by atoms with E-state index in [0.717, 1.165) is 24.2 Å². The van der Waals surface area contributed by atoms with Gasteiger partial charge in [0, 0.05) is 37.7 Å². The lowest BCUT2D eigenvalue weighted by Gasteiger charge is -2.16. The molecule has 1 amide bonds. The molecule has 1 fully saturated rings. The number of rotatable bonds is 5. The summed E-state index contributed by atoms with van der Waals surface area (Å²) in [4.78, 5) is 18.4. The first-order valence-corrected chi connectivity index (χ1v) is 7.78. The van der Waals surface area contributed by atoms with Crippen molar-refractivity contribution in [2.75, 3.05) is 26.8 Å². The number of hydrogen-bond acceptors (Lipinski definition) is 3. The van der Waals surface area contributed by atoms with Crippen molar-refractivity contribution in [3.05, 3.63) is 41.6 Å². The predicted octanol–water partition coefficient (Wildman–Crippen LogP) is 2.58. The van der Waals surface area contributed by atoms with Gasteiger partial charge in [-0.05, 0) is 43.0 Å². The summed E-state index contributed by atoms with van der Waals surface area (Å²) in [5, 5.41) is 1.17. The monoisotopic (exact) mass is 298 g/mol. The second-order valence-corrected chi connectivity index (χ2v) is 6.09. The summed E-state index contributed by atoms with van der Waals surface area (Å²) in [6, 6.07) is 10.6. The number of methoxy groups -OCH3 is 1. The number of nitrogens with zero attached hydrogens (tertiary/aromatic N) is 2. The molecule has 1 aromatic heterocycles. The van der Waals surface area contributed by atoms with Crippen LogP contribution in [-0.2, 0) is 16.0 Å². The number of aromatic nitrogens is 1. The third-order valence-electron chi connectivity index (χ3n) is 4.28. The van der Waals surface area contributed by atoms with Crippen LogP contribution in [0.5, 0.6) is 0 Å². The third kappa shape index (κ3) is 3.28. The van der Waals surface area contributed by atoms with Gasteiger partial charge in [-0.2, -0.15) is 0 Å². The van der Waals surface area contributed by atoms with Crippen LogP contribution in [0.25, 0.3) is 10.9 Å². The number of hydrogen-bond donors (Lipinski definition) is 0. The molecule has 0 unspecified atom stereocenters. The van der Waals surface area contributed by atoms with Crippen LogP contribution in [0.3, 0.4) is 0 Å². The molecule has 4 nitrogen and oxygen atoms in total. The van der Waals surface area contributed by atoms with Crippen molar-refractivity contribution in [1.29, 1.82) is 0 Å². The van der Waals surface area contributed by atoms with E-state index in [1.165, 1.54) is 10.9 Å². The van der Waals surface area contributed by atoms with Crippen LogP contribution >= 0.6 is 0 Å². The second-order valence-electron chi connectivity index (χ2n) is 6.09. The maximum Gasteiger partial charge on any atom is 0.223 e. The van der Waals surface area contributed by atoms with E-state index in [4.69, 9.17) is 4.74 Å². The highest BCUT2D eigenvalue weighted by Crippen LogP contribution is 2.23. The number of ether oxygens (including phenoxy) is 1. The zero-order valence-corrected chi connectivity index (χ0v) is 13.2. The Bertz CT molecular complexity index is 684. The first kappa shape index (κ1) is 15.0. The number of likely N-dealkylation sites (tertiary alicyclic amines) is 1. The summed E-state index contributed by atoms with van der Waals surface area (Å²) in [7, 11) is 1.67. The second kappa shape index (κ2) is 6.44. The average molecular weight is 298 g/mol. The van der Waals surface area contributed by atoms with Crippen LogP contribution in [0.1, 0.15) is 17.7 Å². The zero-order valence-electron chi connectivity index (χ0n) is 13.2. The van der Waals surface area contributed by atoms with Crippen LogP contribution in [0.4, 0.5) is 0 Å². The van der Waals surface area contributed by atoms with Gasteiger partial charge in [-0.25, -0.2) is 0 Å². The van der Waals surface area contributed by atoms with E-state index >= 15 is 0 Å². The molecule has 0 bridgehead atoms. The fourth-order valence-corrected chi connectivity index (χ4v) is 3.15. The number of benzene rings is 1. The standard InChI is InChI=1S/C18H22N2O2/c1-13-3-5-16-10-14(4-6-17(16)19-13)9-15-11-18(21)20(12-15)7-8-22-2/h3-6,10,15H,7-9,11-12H2,1-2H3/t15-/m1/s1. The molecule has 0 spiro atoms. The van der Waals surface area contributed by atoms with Crippen molar-refractivity contribution < 1.29 is 9.53 Å². The molecular formula is C18H22N2O2. The Morgan fingerprint density at radius 2 is 2.18 bits per heavy atom. The van der Waals surface area contributed by atoms with Gasteiger partial charge in [-0.3, -0.25) is 9.78 Å². The van der Waals surface area contributed by atoms with E-state index in [-0.39, 0.29) is 5.91 Å². The van der Waals surface area contributed by atoms with Crippen LogP contribution in [-0.4, -0.2) is 42.6 Å². The van der Waals surface area contributed by atoms with E-state index in [1.807, 2.05) is 17.9 Å². The summed E-state index contributed by atoms with van der Waals surface area (Å²) in [5.41, 5.74) is 3.35. The third-order valence-corrected chi connectivity index (χ3v) is 4.28. The molecule has 1 aliphatic rings. The van der Waals surface area contributed by atoms with Crippen molar-refractivity contribution in [3.8, 4) is 0 Å². The van der Waals surface area contributed by atoms with Crippen molar-refractivity contribution in [1.82, 2.24) is 9.88 Å². The van der Waals surface area contributed by atoms with Gasteiger partial charge >= 0.3 is 0 Å². The molecule has 1 aliphatic heterocycles. The fourth-order valence-electron chi connectivity index (χ4n) is 3.15. The summed E-state index contributed by atoms with van der Waals surface area (Å²) in [5.74, 6) is 0.653. The van der Waals surface area contributed by atoms with Crippen molar-refractivity contribution in [2.45, 2.75) is 19.8 Å². The molecule has 1 aromatic carbocycles. The molecule has 0 saturated carbocycles. The van der Waals surface area contributed by atoms with Gasteiger partial charge in [-0.15, -0.1) is 0 Å². The summed E-state index contributed by atoms with van der Waals surface area (Å²) >= 11 is 0. The first-order valence-electron chi connectivity index (χ1n) is 7.78. The maximum atomic E-state index is 12.0.